The van der Waals surface area contributed by atoms with Crippen LogP contribution >= 0.6 is 0 Å². The van der Waals surface area contributed by atoms with E-state index in [9.17, 15) is 0 Å². The van der Waals surface area contributed by atoms with Gasteiger partial charge in [0.15, 0.2) is 0 Å². The summed E-state index contributed by atoms with van der Waals surface area (Å²) in [5, 5.41) is 0. The molecule has 0 aromatic heterocycles. The zero-order valence-corrected chi connectivity index (χ0v) is 27.3. The molecule has 3 nitrogen and oxygen atoms in total. The standard InChI is InChI=1S/C26H39N2Si2.C4H8O.Cr/c1-18-12-10-13-19(2)25(18)27-29(6,7)23-16-17-24(22(23)5)30(8,9)28-26-20(3)14-11-15-21(26)4;1-2-4-5-3-1;/h10-15,23-24H,16-17H2,1-9H3;1-4H2;/q-3;;+3. The summed E-state index contributed by atoms with van der Waals surface area (Å²) in [5.74, 6) is 1.69. The molecule has 2 atom stereocenters. The number of hydrogen-bond acceptors (Lipinski definition) is 1. The Balaban J connectivity index is 0.000000678. The Bertz CT molecular complexity index is 869. The molecule has 1 radical (unpaired) electrons. The normalized spacial score (nSPS) is 20.4. The van der Waals surface area contributed by atoms with Crippen molar-refractivity contribution in [2.45, 2.75) is 97.6 Å². The van der Waals surface area contributed by atoms with Crippen LogP contribution in [0, 0.1) is 33.6 Å². The second-order valence-corrected chi connectivity index (χ2v) is 20.2. The summed E-state index contributed by atoms with van der Waals surface area (Å²) in [5.41, 5.74) is 9.02. The zero-order valence-electron chi connectivity index (χ0n) is 24.1. The average molecular weight is 560 g/mol. The summed E-state index contributed by atoms with van der Waals surface area (Å²) >= 11 is 0. The second kappa shape index (κ2) is 13.2. The van der Waals surface area contributed by atoms with Crippen molar-refractivity contribution in [3.63, 3.8) is 0 Å². The van der Waals surface area contributed by atoms with Gasteiger partial charge in [0, 0.05) is 13.2 Å². The molecule has 2 unspecified atom stereocenters. The van der Waals surface area contributed by atoms with Crippen molar-refractivity contribution in [1.82, 2.24) is 0 Å². The van der Waals surface area contributed by atoms with Gasteiger partial charge in [-0.25, -0.2) is 0 Å². The molecule has 0 amide bonds. The van der Waals surface area contributed by atoms with E-state index in [1.807, 2.05) is 0 Å². The van der Waals surface area contributed by atoms with Crippen LogP contribution in [0.15, 0.2) is 36.4 Å². The van der Waals surface area contributed by atoms with Crippen LogP contribution in [0.2, 0.25) is 37.3 Å². The Morgan fingerprint density at radius 2 is 1.03 bits per heavy atom. The fourth-order valence-electron chi connectivity index (χ4n) is 6.06. The third kappa shape index (κ3) is 7.51. The smallest absolute Gasteiger partial charge is 0.688 e. The van der Waals surface area contributed by atoms with E-state index in [2.05, 4.69) is 97.2 Å². The molecule has 0 spiro atoms. The van der Waals surface area contributed by atoms with Gasteiger partial charge in [-0.1, -0.05) is 114 Å². The number of benzene rings is 2. The molecule has 1 saturated carbocycles. The first-order valence-electron chi connectivity index (χ1n) is 13.4. The van der Waals surface area contributed by atoms with E-state index in [0.29, 0.717) is 11.1 Å². The van der Waals surface area contributed by atoms with Crippen molar-refractivity contribution in [1.29, 1.82) is 0 Å². The Labute approximate surface area is 234 Å². The zero-order chi connectivity index (χ0) is 25.8. The van der Waals surface area contributed by atoms with Gasteiger partial charge in [-0.05, 0) is 40.5 Å². The van der Waals surface area contributed by atoms with E-state index in [1.165, 1.54) is 59.3 Å². The summed E-state index contributed by atoms with van der Waals surface area (Å²) in [6.45, 7) is 23.1. The van der Waals surface area contributed by atoms with E-state index >= 15 is 0 Å². The van der Waals surface area contributed by atoms with Gasteiger partial charge in [0.2, 0.25) is 0 Å². The van der Waals surface area contributed by atoms with Crippen molar-refractivity contribution in [2.75, 3.05) is 13.2 Å². The molecule has 1 aliphatic carbocycles. The maximum absolute atomic E-state index is 5.45. The number of aryl methyl sites for hydroxylation is 4. The minimum atomic E-state index is -1.80. The van der Waals surface area contributed by atoms with E-state index in [-0.39, 0.29) is 17.4 Å². The summed E-state index contributed by atoms with van der Waals surface area (Å²) in [6, 6.07) is 13.1. The van der Waals surface area contributed by atoms with Crippen LogP contribution < -0.4 is 0 Å². The van der Waals surface area contributed by atoms with E-state index in [1.54, 1.807) is 5.92 Å². The van der Waals surface area contributed by atoms with Crippen molar-refractivity contribution in [3.05, 3.63) is 74.5 Å². The van der Waals surface area contributed by atoms with Gasteiger partial charge in [-0.15, -0.1) is 11.4 Å². The predicted octanol–water partition coefficient (Wildman–Crippen LogP) is 9.96. The van der Waals surface area contributed by atoms with Gasteiger partial charge >= 0.3 is 17.4 Å². The van der Waals surface area contributed by atoms with Crippen LogP contribution in [0.25, 0.3) is 9.96 Å². The SMILES string of the molecule is C1CCOC1.Cc1cccc(C)c1[N-][Si](C)(C)C1CCC([Si](C)(C)[N-]c2c(C)cccc2C)[C-]1C.[Cr+3]. The van der Waals surface area contributed by atoms with Gasteiger partial charge < -0.3 is 20.6 Å². The van der Waals surface area contributed by atoms with Gasteiger partial charge in [-0.3, -0.25) is 0 Å². The van der Waals surface area contributed by atoms with Crippen molar-refractivity contribution >= 4 is 27.8 Å². The summed E-state index contributed by atoms with van der Waals surface area (Å²) in [7, 11) is -3.61. The molecule has 0 bridgehead atoms. The molecule has 197 valence electrons. The molecule has 2 aromatic carbocycles. The maximum atomic E-state index is 5.45. The van der Waals surface area contributed by atoms with Crippen LogP contribution in [0.1, 0.15) is 54.9 Å². The monoisotopic (exact) mass is 559 g/mol. The largest absolute Gasteiger partial charge is 3.00 e. The third-order valence-corrected chi connectivity index (χ3v) is 14.6. The molecular formula is C30H47CrN2OSi2. The molecule has 0 N–H and O–H groups in total. The Morgan fingerprint density at radius 1 is 0.694 bits per heavy atom. The molecule has 4 rings (SSSR count). The molecule has 1 heterocycles. The molecule has 1 aliphatic heterocycles. The molecule has 2 aromatic rings. The summed E-state index contributed by atoms with van der Waals surface area (Å²) < 4.78 is 4.94. The number of hydrogen-bond donors (Lipinski definition) is 0. The Hall–Kier alpha value is -1.03. The second-order valence-electron chi connectivity index (χ2n) is 11.8. The number of rotatable bonds is 6. The van der Waals surface area contributed by atoms with Gasteiger partial charge in [0.05, 0.1) is 0 Å². The Morgan fingerprint density at radius 3 is 1.31 bits per heavy atom. The van der Waals surface area contributed by atoms with Crippen LogP contribution in [-0.4, -0.2) is 29.7 Å². The van der Waals surface area contributed by atoms with Gasteiger partial charge in [0.25, 0.3) is 0 Å². The quantitative estimate of drug-likeness (QED) is 0.256. The molecule has 2 aliphatic rings. The van der Waals surface area contributed by atoms with E-state index < -0.39 is 16.5 Å². The topological polar surface area (TPSA) is 37.4 Å². The molecule has 36 heavy (non-hydrogen) atoms. The minimum absolute atomic E-state index is 0. The predicted molar refractivity (Wildman–Crippen MR) is 159 cm³/mol. The van der Waals surface area contributed by atoms with Gasteiger partial charge in [-0.2, -0.15) is 18.0 Å². The van der Waals surface area contributed by atoms with Crippen LogP contribution in [0.4, 0.5) is 11.4 Å². The number of ether oxygens (including phenoxy) is 1. The summed E-state index contributed by atoms with van der Waals surface area (Å²) in [6.07, 6.45) is 5.12. The van der Waals surface area contributed by atoms with Gasteiger partial charge in [0.1, 0.15) is 0 Å². The molecule has 2 fully saturated rings. The van der Waals surface area contributed by atoms with Crippen LogP contribution in [0.3, 0.4) is 0 Å². The van der Waals surface area contributed by atoms with Crippen molar-refractivity contribution in [2.24, 2.45) is 0 Å². The summed E-state index contributed by atoms with van der Waals surface area (Å²) in [4.78, 5) is 10.9. The first-order chi connectivity index (χ1) is 16.4. The van der Waals surface area contributed by atoms with Crippen LogP contribution in [0.5, 0.6) is 0 Å². The molecule has 6 heteroatoms. The van der Waals surface area contributed by atoms with Crippen LogP contribution in [-0.2, 0) is 22.1 Å². The average Bonchev–Trinajstić information content (AvgIpc) is 3.47. The van der Waals surface area contributed by atoms with Crippen molar-refractivity contribution in [3.8, 4) is 0 Å². The fraction of sp³-hybridized carbons (Fsp3) is 0.567. The Kier molecular flexibility index (Phi) is 11.4. The van der Waals surface area contributed by atoms with E-state index in [4.69, 9.17) is 14.7 Å². The molecular weight excluding hydrogens is 513 g/mol. The molecule has 1 saturated heterocycles. The third-order valence-electron chi connectivity index (χ3n) is 8.06. The van der Waals surface area contributed by atoms with Crippen molar-refractivity contribution < 1.29 is 22.1 Å². The maximum Gasteiger partial charge on any atom is 3.00 e. The first-order valence-corrected chi connectivity index (χ1v) is 19.5. The number of nitrogens with zero attached hydrogens (tertiary/aromatic N) is 2. The fourth-order valence-corrected chi connectivity index (χ4v) is 12.8. The van der Waals surface area contributed by atoms with E-state index in [0.717, 1.165) is 13.2 Å². The minimum Gasteiger partial charge on any atom is -0.688 e. The first kappa shape index (κ1) is 31.2.